The number of ether oxygens (including phenoxy) is 2. The third kappa shape index (κ3) is 3.10. The predicted molar refractivity (Wildman–Crippen MR) is 95.7 cm³/mol. The van der Waals surface area contributed by atoms with Crippen LogP contribution in [-0.2, 0) is 0 Å². The van der Waals surface area contributed by atoms with Crippen LogP contribution >= 0.6 is 0 Å². The fraction of sp³-hybridized carbons (Fsp3) is 0.263. The number of carbonyl (C=O) groups excluding carboxylic acids is 1. The van der Waals surface area contributed by atoms with Gasteiger partial charge in [-0.25, -0.2) is 0 Å². The molecule has 3 heterocycles. The van der Waals surface area contributed by atoms with Gasteiger partial charge in [0.05, 0.1) is 25.7 Å². The average molecular weight is 366 g/mol. The van der Waals surface area contributed by atoms with Crippen LogP contribution in [0.15, 0.2) is 47.1 Å². The van der Waals surface area contributed by atoms with E-state index in [0.29, 0.717) is 47.6 Å². The Hall–Kier alpha value is -3.42. The molecule has 0 bridgehead atoms. The second-order valence-corrected chi connectivity index (χ2v) is 6.12. The van der Waals surface area contributed by atoms with E-state index in [2.05, 4.69) is 15.1 Å². The molecule has 0 N–H and O–H groups in total. The maximum atomic E-state index is 12.8. The molecule has 4 rings (SSSR count). The van der Waals surface area contributed by atoms with Crippen LogP contribution in [0.2, 0.25) is 0 Å². The first-order valence-electron chi connectivity index (χ1n) is 8.46. The predicted octanol–water partition coefficient (Wildman–Crippen LogP) is 2.39. The third-order valence-corrected chi connectivity index (χ3v) is 4.49. The molecule has 27 heavy (non-hydrogen) atoms. The van der Waals surface area contributed by atoms with Crippen LogP contribution in [0.25, 0.3) is 11.5 Å². The number of carbonyl (C=O) groups is 1. The van der Waals surface area contributed by atoms with Gasteiger partial charge in [0.2, 0.25) is 11.7 Å². The molecule has 0 unspecified atom stereocenters. The smallest absolute Gasteiger partial charge is 0.257 e. The van der Waals surface area contributed by atoms with E-state index in [9.17, 15) is 4.79 Å². The van der Waals surface area contributed by atoms with Crippen molar-refractivity contribution in [3.05, 3.63) is 54.0 Å². The fourth-order valence-electron chi connectivity index (χ4n) is 3.03. The normalized spacial score (nSPS) is 13.9. The quantitative estimate of drug-likeness (QED) is 0.685. The SMILES string of the molecule is COc1cccc(C(=O)N2CC(c3nc(-c4ccccn4)no3)C2)c1OC. The van der Waals surface area contributed by atoms with Gasteiger partial charge in [-0.1, -0.05) is 17.3 Å². The third-order valence-electron chi connectivity index (χ3n) is 4.49. The summed E-state index contributed by atoms with van der Waals surface area (Å²) in [4.78, 5) is 23.1. The topological polar surface area (TPSA) is 90.6 Å². The highest BCUT2D eigenvalue weighted by molar-refractivity contribution is 5.98. The fourth-order valence-corrected chi connectivity index (χ4v) is 3.03. The van der Waals surface area contributed by atoms with Gasteiger partial charge in [-0.05, 0) is 24.3 Å². The van der Waals surface area contributed by atoms with E-state index in [1.54, 1.807) is 36.4 Å². The van der Waals surface area contributed by atoms with Crippen LogP contribution in [0.1, 0.15) is 22.2 Å². The first-order valence-corrected chi connectivity index (χ1v) is 8.46. The lowest BCUT2D eigenvalue weighted by Gasteiger charge is -2.37. The van der Waals surface area contributed by atoms with E-state index in [1.807, 2.05) is 18.2 Å². The molecule has 8 nitrogen and oxygen atoms in total. The maximum Gasteiger partial charge on any atom is 0.257 e. The van der Waals surface area contributed by atoms with Crippen molar-refractivity contribution >= 4 is 5.91 Å². The molecule has 1 aliphatic heterocycles. The molecule has 1 amide bonds. The number of likely N-dealkylation sites (tertiary alicyclic amines) is 1. The number of hydrogen-bond donors (Lipinski definition) is 0. The monoisotopic (exact) mass is 366 g/mol. The zero-order valence-corrected chi connectivity index (χ0v) is 15.0. The molecule has 0 atom stereocenters. The van der Waals surface area contributed by atoms with Gasteiger partial charge in [0, 0.05) is 19.3 Å². The van der Waals surface area contributed by atoms with Crippen LogP contribution in [0.4, 0.5) is 0 Å². The molecule has 3 aromatic rings. The van der Waals surface area contributed by atoms with Crippen LogP contribution < -0.4 is 9.47 Å². The standard InChI is InChI=1S/C19H18N4O4/c1-25-15-8-5-6-13(16(15)26-2)19(24)23-10-12(11-23)18-21-17(22-27-18)14-7-3-4-9-20-14/h3-9,12H,10-11H2,1-2H3. The van der Waals surface area contributed by atoms with Gasteiger partial charge in [0.1, 0.15) is 5.69 Å². The van der Waals surface area contributed by atoms with Crippen molar-refractivity contribution in [1.29, 1.82) is 0 Å². The minimum Gasteiger partial charge on any atom is -0.493 e. The molecular weight excluding hydrogens is 348 g/mol. The van der Waals surface area contributed by atoms with E-state index in [4.69, 9.17) is 14.0 Å². The van der Waals surface area contributed by atoms with E-state index in [-0.39, 0.29) is 11.8 Å². The van der Waals surface area contributed by atoms with Gasteiger partial charge in [-0.2, -0.15) is 4.98 Å². The van der Waals surface area contributed by atoms with Crippen molar-refractivity contribution in [2.75, 3.05) is 27.3 Å². The van der Waals surface area contributed by atoms with Crippen molar-refractivity contribution in [3.63, 3.8) is 0 Å². The summed E-state index contributed by atoms with van der Waals surface area (Å²) < 4.78 is 16.0. The Kier molecular flexibility index (Phi) is 4.45. The Balaban J connectivity index is 1.46. The van der Waals surface area contributed by atoms with Gasteiger partial charge < -0.3 is 18.9 Å². The minimum atomic E-state index is -0.119. The summed E-state index contributed by atoms with van der Waals surface area (Å²) >= 11 is 0. The van der Waals surface area contributed by atoms with Crippen molar-refractivity contribution in [1.82, 2.24) is 20.0 Å². The molecule has 1 aromatic carbocycles. The summed E-state index contributed by atoms with van der Waals surface area (Å²) in [6.45, 7) is 1.01. The molecule has 0 aliphatic carbocycles. The highest BCUT2D eigenvalue weighted by Gasteiger charge is 2.37. The van der Waals surface area contributed by atoms with E-state index < -0.39 is 0 Å². The van der Waals surface area contributed by atoms with Crippen molar-refractivity contribution in [2.24, 2.45) is 0 Å². The number of amides is 1. The molecular formula is C19H18N4O4. The number of nitrogens with zero attached hydrogens (tertiary/aromatic N) is 4. The zero-order chi connectivity index (χ0) is 18.8. The number of rotatable bonds is 5. The number of methoxy groups -OCH3 is 2. The van der Waals surface area contributed by atoms with Crippen LogP contribution in [0.3, 0.4) is 0 Å². The Morgan fingerprint density at radius 2 is 2.00 bits per heavy atom. The van der Waals surface area contributed by atoms with Crippen molar-refractivity contribution in [3.8, 4) is 23.0 Å². The molecule has 0 spiro atoms. The van der Waals surface area contributed by atoms with Crippen molar-refractivity contribution in [2.45, 2.75) is 5.92 Å². The summed E-state index contributed by atoms with van der Waals surface area (Å²) in [6, 6.07) is 10.8. The number of hydrogen-bond acceptors (Lipinski definition) is 7. The van der Waals surface area contributed by atoms with Gasteiger partial charge >= 0.3 is 0 Å². The summed E-state index contributed by atoms with van der Waals surface area (Å²) in [7, 11) is 3.06. The molecule has 1 fully saturated rings. The molecule has 0 saturated carbocycles. The molecule has 1 aliphatic rings. The number of benzene rings is 1. The highest BCUT2D eigenvalue weighted by Crippen LogP contribution is 2.34. The number of pyridine rings is 1. The van der Waals surface area contributed by atoms with Gasteiger partial charge in [-0.15, -0.1) is 0 Å². The summed E-state index contributed by atoms with van der Waals surface area (Å²) in [5, 5.41) is 3.98. The minimum absolute atomic E-state index is 0.00974. The lowest BCUT2D eigenvalue weighted by Crippen LogP contribution is -2.48. The van der Waals surface area contributed by atoms with Gasteiger partial charge in [0.15, 0.2) is 11.5 Å². The molecule has 0 radical (unpaired) electrons. The summed E-state index contributed by atoms with van der Waals surface area (Å²) in [6.07, 6.45) is 1.68. The van der Waals surface area contributed by atoms with Gasteiger partial charge in [0.25, 0.3) is 5.91 Å². The van der Waals surface area contributed by atoms with E-state index >= 15 is 0 Å². The maximum absolute atomic E-state index is 12.8. The Labute approximate surface area is 155 Å². The van der Waals surface area contributed by atoms with E-state index in [1.165, 1.54) is 7.11 Å². The Morgan fingerprint density at radius 3 is 2.70 bits per heavy atom. The largest absolute Gasteiger partial charge is 0.493 e. The first kappa shape index (κ1) is 17.0. The molecule has 1 saturated heterocycles. The van der Waals surface area contributed by atoms with Crippen molar-refractivity contribution < 1.29 is 18.8 Å². The highest BCUT2D eigenvalue weighted by atomic mass is 16.5. The Bertz CT molecular complexity index is 951. The second-order valence-electron chi connectivity index (χ2n) is 6.12. The first-order chi connectivity index (χ1) is 13.2. The summed E-state index contributed by atoms with van der Waals surface area (Å²) in [5.41, 5.74) is 1.12. The Morgan fingerprint density at radius 1 is 1.15 bits per heavy atom. The molecule has 8 heteroatoms. The average Bonchev–Trinajstić information content (AvgIpc) is 3.16. The molecule has 138 valence electrons. The lowest BCUT2D eigenvalue weighted by atomic mass is 9.98. The summed E-state index contributed by atoms with van der Waals surface area (Å²) in [5.74, 6) is 1.81. The lowest BCUT2D eigenvalue weighted by molar-refractivity contribution is 0.0565. The molecule has 2 aromatic heterocycles. The number of aromatic nitrogens is 3. The second kappa shape index (κ2) is 7.06. The van der Waals surface area contributed by atoms with E-state index in [0.717, 1.165) is 0 Å². The zero-order valence-electron chi connectivity index (χ0n) is 15.0. The van der Waals surface area contributed by atoms with Crippen LogP contribution in [0, 0.1) is 0 Å². The number of para-hydroxylation sites is 1. The van der Waals surface area contributed by atoms with Crippen LogP contribution in [0.5, 0.6) is 11.5 Å². The van der Waals surface area contributed by atoms with Crippen LogP contribution in [-0.4, -0.2) is 53.2 Å². The van der Waals surface area contributed by atoms with Gasteiger partial charge in [-0.3, -0.25) is 9.78 Å².